The maximum atomic E-state index is 13.3. The van der Waals surface area contributed by atoms with Crippen LogP contribution < -0.4 is 4.74 Å². The van der Waals surface area contributed by atoms with Crippen molar-refractivity contribution in [2.24, 2.45) is 0 Å². The van der Waals surface area contributed by atoms with Gasteiger partial charge in [-0.25, -0.2) is 19.9 Å². The molecule has 0 spiro atoms. The Hall–Kier alpha value is -3.49. The van der Waals surface area contributed by atoms with Crippen LogP contribution in [0, 0.1) is 0 Å². The number of carbonyl (C=O) groups is 1. The number of hydrogen-bond donors (Lipinski definition) is 0. The molecule has 0 bridgehead atoms. The Kier molecular flexibility index (Phi) is 6.84. The fraction of sp³-hybridized carbons (Fsp3) is 0.318. The predicted octanol–water partition coefficient (Wildman–Crippen LogP) is 3.97. The molecule has 162 valence electrons. The minimum absolute atomic E-state index is 0.112. The van der Waals surface area contributed by atoms with Crippen LogP contribution in [0.15, 0.2) is 55.1 Å². The number of benzene rings is 1. The summed E-state index contributed by atoms with van der Waals surface area (Å²) in [5.41, 5.74) is 0.691. The summed E-state index contributed by atoms with van der Waals surface area (Å²) in [6.45, 7) is 5.03. The Morgan fingerprint density at radius 3 is 2.42 bits per heavy atom. The minimum Gasteiger partial charge on any atom is -0.474 e. The van der Waals surface area contributed by atoms with Gasteiger partial charge in [0.25, 0.3) is 11.8 Å². The highest BCUT2D eigenvalue weighted by molar-refractivity contribution is 6.00. The number of amides is 1. The Balaban J connectivity index is 1.73. The maximum Gasteiger partial charge on any atom is 0.288 e. The molecule has 3 rings (SSSR count). The highest BCUT2D eigenvalue weighted by atomic mass is 19.3. The lowest BCUT2D eigenvalue weighted by Crippen LogP contribution is -2.42. The van der Waals surface area contributed by atoms with E-state index in [4.69, 9.17) is 4.74 Å². The fourth-order valence-corrected chi connectivity index (χ4v) is 3.03. The van der Waals surface area contributed by atoms with Gasteiger partial charge in [0.2, 0.25) is 5.88 Å². The average molecular weight is 427 g/mol. The third-order valence-corrected chi connectivity index (χ3v) is 4.65. The lowest BCUT2D eigenvalue weighted by Gasteiger charge is -2.28. The lowest BCUT2D eigenvalue weighted by molar-refractivity contribution is 0.0121. The molecule has 0 unspecified atom stereocenters. The zero-order valence-corrected chi connectivity index (χ0v) is 17.5. The molecule has 0 radical (unpaired) electrons. The standard InChI is InChI=1S/C22H23F2N5O2/c1-4-29(15(2)14-31-19-13-27-18(12-28-19)22(3,23)24)21(30)17-9-6-5-8-16(17)20-25-10-7-11-26-20/h5-13,15H,4,14H2,1-3H3/t15-/m0/s1. The van der Waals surface area contributed by atoms with Gasteiger partial charge in [0.1, 0.15) is 12.3 Å². The molecule has 1 atom stereocenters. The molecule has 0 saturated heterocycles. The first kappa shape index (κ1) is 22.2. The molecule has 2 aromatic heterocycles. The largest absolute Gasteiger partial charge is 0.474 e. The topological polar surface area (TPSA) is 81.1 Å². The molecule has 0 N–H and O–H groups in total. The Morgan fingerprint density at radius 1 is 1.10 bits per heavy atom. The van der Waals surface area contributed by atoms with E-state index >= 15 is 0 Å². The smallest absolute Gasteiger partial charge is 0.288 e. The van der Waals surface area contributed by atoms with Gasteiger partial charge in [0.05, 0.1) is 24.0 Å². The van der Waals surface area contributed by atoms with Crippen molar-refractivity contribution >= 4 is 5.91 Å². The van der Waals surface area contributed by atoms with Gasteiger partial charge in [-0.2, -0.15) is 8.78 Å². The molecule has 31 heavy (non-hydrogen) atoms. The average Bonchev–Trinajstić information content (AvgIpc) is 2.78. The third-order valence-electron chi connectivity index (χ3n) is 4.65. The van der Waals surface area contributed by atoms with Gasteiger partial charge in [-0.15, -0.1) is 0 Å². The van der Waals surface area contributed by atoms with Gasteiger partial charge < -0.3 is 9.64 Å². The molecule has 0 aliphatic carbocycles. The molecule has 0 fully saturated rings. The van der Waals surface area contributed by atoms with E-state index in [9.17, 15) is 13.6 Å². The molecule has 9 heteroatoms. The summed E-state index contributed by atoms with van der Waals surface area (Å²) in [5, 5.41) is 0. The molecule has 1 amide bonds. The number of hydrogen-bond acceptors (Lipinski definition) is 6. The Bertz CT molecular complexity index is 1010. The van der Waals surface area contributed by atoms with Crippen LogP contribution in [0.2, 0.25) is 0 Å². The number of halogens is 2. The van der Waals surface area contributed by atoms with Crippen molar-refractivity contribution < 1.29 is 18.3 Å². The van der Waals surface area contributed by atoms with Crippen LogP contribution in [0.3, 0.4) is 0 Å². The number of likely N-dealkylation sites (N-methyl/N-ethyl adjacent to an activating group) is 1. The minimum atomic E-state index is -3.07. The third kappa shape index (κ3) is 5.36. The van der Waals surface area contributed by atoms with Crippen LogP contribution in [0.5, 0.6) is 5.88 Å². The van der Waals surface area contributed by atoms with E-state index in [0.717, 1.165) is 19.3 Å². The van der Waals surface area contributed by atoms with Crippen molar-refractivity contribution in [3.05, 3.63) is 66.4 Å². The first-order chi connectivity index (χ1) is 14.8. The summed E-state index contributed by atoms with van der Waals surface area (Å²) in [6, 6.07) is 8.56. The summed E-state index contributed by atoms with van der Waals surface area (Å²) in [5.74, 6) is -2.68. The maximum absolute atomic E-state index is 13.3. The van der Waals surface area contributed by atoms with Crippen LogP contribution >= 0.6 is 0 Å². The van der Waals surface area contributed by atoms with Crippen molar-refractivity contribution in [3.8, 4) is 17.3 Å². The van der Waals surface area contributed by atoms with E-state index in [1.807, 2.05) is 19.9 Å². The summed E-state index contributed by atoms with van der Waals surface area (Å²) >= 11 is 0. The van der Waals surface area contributed by atoms with Gasteiger partial charge in [-0.1, -0.05) is 18.2 Å². The molecular formula is C22H23F2N5O2. The number of ether oxygens (including phenoxy) is 1. The number of rotatable bonds is 8. The van der Waals surface area contributed by atoms with Gasteiger partial charge >= 0.3 is 0 Å². The van der Waals surface area contributed by atoms with Crippen LogP contribution in [0.1, 0.15) is 36.8 Å². The van der Waals surface area contributed by atoms with Gasteiger partial charge in [-0.3, -0.25) is 4.79 Å². The van der Waals surface area contributed by atoms with Crippen molar-refractivity contribution in [2.45, 2.75) is 32.7 Å². The van der Waals surface area contributed by atoms with E-state index in [1.54, 1.807) is 41.6 Å². The summed E-state index contributed by atoms with van der Waals surface area (Å²) < 4.78 is 32.1. The van der Waals surface area contributed by atoms with Gasteiger partial charge in [0, 0.05) is 31.4 Å². The van der Waals surface area contributed by atoms with E-state index < -0.39 is 11.6 Å². The van der Waals surface area contributed by atoms with E-state index in [2.05, 4.69) is 19.9 Å². The fourth-order valence-electron chi connectivity index (χ4n) is 3.03. The van der Waals surface area contributed by atoms with Gasteiger partial charge in [0.15, 0.2) is 5.82 Å². The monoisotopic (exact) mass is 427 g/mol. The van der Waals surface area contributed by atoms with Crippen LogP contribution in [-0.4, -0.2) is 49.9 Å². The lowest BCUT2D eigenvalue weighted by atomic mass is 10.0. The molecule has 0 aliphatic heterocycles. The number of carbonyl (C=O) groups excluding carboxylic acids is 1. The number of alkyl halides is 2. The van der Waals surface area contributed by atoms with Crippen LogP contribution in [0.25, 0.3) is 11.4 Å². The Labute approximate surface area is 179 Å². The molecular weight excluding hydrogens is 404 g/mol. The molecule has 2 heterocycles. The molecule has 1 aromatic carbocycles. The Morgan fingerprint density at radius 2 is 1.81 bits per heavy atom. The SMILES string of the molecule is CCN(C(=O)c1ccccc1-c1ncccn1)[C@@H](C)COc1cnc(C(C)(F)F)cn1. The highest BCUT2D eigenvalue weighted by Gasteiger charge is 2.27. The highest BCUT2D eigenvalue weighted by Crippen LogP contribution is 2.25. The summed E-state index contributed by atoms with van der Waals surface area (Å²) in [6.07, 6.45) is 5.38. The van der Waals surface area contributed by atoms with Crippen molar-refractivity contribution in [3.63, 3.8) is 0 Å². The number of nitrogens with zero attached hydrogens (tertiary/aromatic N) is 5. The molecule has 0 saturated carbocycles. The van der Waals surface area contributed by atoms with E-state index in [-0.39, 0.29) is 24.4 Å². The van der Waals surface area contributed by atoms with Crippen LogP contribution in [0.4, 0.5) is 8.78 Å². The first-order valence-electron chi connectivity index (χ1n) is 9.81. The van der Waals surface area contributed by atoms with E-state index in [0.29, 0.717) is 23.5 Å². The second kappa shape index (κ2) is 9.55. The summed E-state index contributed by atoms with van der Waals surface area (Å²) in [4.78, 5) is 31.0. The molecule has 7 nitrogen and oxygen atoms in total. The second-order valence-corrected chi connectivity index (χ2v) is 7.00. The second-order valence-electron chi connectivity index (χ2n) is 7.00. The summed E-state index contributed by atoms with van der Waals surface area (Å²) in [7, 11) is 0. The van der Waals surface area contributed by atoms with E-state index in [1.165, 1.54) is 0 Å². The normalized spacial score (nSPS) is 12.3. The molecule has 3 aromatic rings. The first-order valence-corrected chi connectivity index (χ1v) is 9.81. The van der Waals surface area contributed by atoms with Gasteiger partial charge in [-0.05, 0) is 26.0 Å². The number of aromatic nitrogens is 4. The van der Waals surface area contributed by atoms with Crippen molar-refractivity contribution in [1.29, 1.82) is 0 Å². The quantitative estimate of drug-likeness (QED) is 0.541. The zero-order valence-electron chi connectivity index (χ0n) is 17.5. The predicted molar refractivity (Wildman–Crippen MR) is 111 cm³/mol. The van der Waals surface area contributed by atoms with Crippen molar-refractivity contribution in [1.82, 2.24) is 24.8 Å². The zero-order chi connectivity index (χ0) is 22.4. The molecule has 0 aliphatic rings. The van der Waals surface area contributed by atoms with Crippen LogP contribution in [-0.2, 0) is 5.92 Å². The van der Waals surface area contributed by atoms with Crippen molar-refractivity contribution in [2.75, 3.05) is 13.2 Å².